The van der Waals surface area contributed by atoms with Gasteiger partial charge in [0, 0.05) is 24.3 Å². The van der Waals surface area contributed by atoms with Gasteiger partial charge in [-0.15, -0.1) is 0 Å². The average Bonchev–Trinajstić information content (AvgIpc) is 3.42. The molecule has 6 aliphatic rings. The summed E-state index contributed by atoms with van der Waals surface area (Å²) in [5.74, 6) is -3.29. The molecule has 76 heavy (non-hydrogen) atoms. The van der Waals surface area contributed by atoms with Crippen LogP contribution in [0.15, 0.2) is 89.6 Å². The van der Waals surface area contributed by atoms with E-state index in [4.69, 9.17) is 42.6 Å². The van der Waals surface area contributed by atoms with Gasteiger partial charge in [-0.2, -0.15) is 0 Å². The lowest BCUT2D eigenvalue weighted by Gasteiger charge is -2.46. The van der Waals surface area contributed by atoms with Crippen LogP contribution in [0.3, 0.4) is 0 Å². The maximum absolute atomic E-state index is 13.1. The number of carbonyl (C=O) groups excluding carboxylic acids is 1. The molecule has 418 valence electrons. The molecule has 5 heterocycles. The molecule has 4 saturated heterocycles. The fourth-order valence-corrected chi connectivity index (χ4v) is 8.78. The number of hydrogen-bond donors (Lipinski definition) is 17. The first-order valence-electron chi connectivity index (χ1n) is 23.6. The van der Waals surface area contributed by atoms with Crippen LogP contribution in [0.5, 0.6) is 17.2 Å². The Balaban J connectivity index is 1.06. The van der Waals surface area contributed by atoms with E-state index in [9.17, 15) is 91.6 Å². The third-order valence-corrected chi connectivity index (χ3v) is 13.1. The number of aliphatic hydroxyl groups is 17. The van der Waals surface area contributed by atoms with Gasteiger partial charge in [0.1, 0.15) is 115 Å². The fourth-order valence-electron chi connectivity index (χ4n) is 8.78. The molecule has 5 aliphatic heterocycles. The van der Waals surface area contributed by atoms with Crippen LogP contribution in [0.25, 0.3) is 11.8 Å². The Labute approximate surface area is 429 Å². The van der Waals surface area contributed by atoms with E-state index in [1.807, 2.05) is 0 Å². The Hall–Kier alpha value is -5.55. The minimum Gasteiger partial charge on any atom is -0.571 e. The molecule has 21 atom stereocenters. The summed E-state index contributed by atoms with van der Waals surface area (Å²) in [6.45, 7) is -3.16. The molecule has 18 N–H and O–H groups in total. The number of aromatic hydroxyl groups is 2. The number of phenolic OH excluding ortho intramolecular Hbond substituents is 2. The Morgan fingerprint density at radius 1 is 0.566 bits per heavy atom. The third-order valence-electron chi connectivity index (χ3n) is 13.1. The second kappa shape index (κ2) is 24.0. The average molecular weight is 1080 g/mol. The third kappa shape index (κ3) is 11.9. The lowest BCUT2D eigenvalue weighted by molar-refractivity contribution is -0.363. The van der Waals surface area contributed by atoms with Crippen molar-refractivity contribution in [2.24, 2.45) is 0 Å². The van der Waals surface area contributed by atoms with Crippen LogP contribution in [0.2, 0.25) is 0 Å². The van der Waals surface area contributed by atoms with Crippen LogP contribution >= 0.6 is 0 Å². The molecule has 0 radical (unpaired) electrons. The van der Waals surface area contributed by atoms with Crippen molar-refractivity contribution >= 4 is 17.8 Å². The topological polar surface area (TPSA) is 457 Å². The summed E-state index contributed by atoms with van der Waals surface area (Å²) in [5, 5.41) is 178. The van der Waals surface area contributed by atoms with Gasteiger partial charge in [0.25, 0.3) is 0 Å². The zero-order valence-corrected chi connectivity index (χ0v) is 39.5. The van der Waals surface area contributed by atoms with Crippen molar-refractivity contribution in [3.05, 3.63) is 101 Å². The number of rotatable bonds is 16. The van der Waals surface area contributed by atoms with Gasteiger partial charge in [0.05, 0.1) is 37.0 Å². The number of phenols is 2. The Morgan fingerprint density at radius 2 is 1.11 bits per heavy atom. The van der Waals surface area contributed by atoms with Crippen LogP contribution in [0, 0.1) is 0 Å². The number of aliphatic hydroxyl groups excluding tert-OH is 15. The van der Waals surface area contributed by atoms with Crippen molar-refractivity contribution < 1.29 is 139 Å². The first kappa shape index (κ1) is 56.6. The number of benzene rings is 2. The predicted molar refractivity (Wildman–Crippen MR) is 246 cm³/mol. The summed E-state index contributed by atoms with van der Waals surface area (Å²) in [5.41, 5.74) is 0.465. The molecule has 28 nitrogen and oxygen atoms in total. The molecule has 0 bridgehead atoms. The van der Waals surface area contributed by atoms with Gasteiger partial charge < -0.3 is 134 Å². The number of hydrogen-bond acceptors (Lipinski definition) is 27. The summed E-state index contributed by atoms with van der Waals surface area (Å²) >= 11 is 0. The Morgan fingerprint density at radius 3 is 1.68 bits per heavy atom. The normalized spacial score (nSPS) is 38.8. The minimum atomic E-state index is -2.11. The molecule has 0 amide bonds. The molecule has 1 unspecified atom stereocenters. The summed E-state index contributed by atoms with van der Waals surface area (Å²) in [4.78, 5) is 13.1. The van der Waals surface area contributed by atoms with Gasteiger partial charge in [-0.05, 0) is 35.9 Å². The van der Waals surface area contributed by atoms with Crippen molar-refractivity contribution in [1.82, 2.24) is 0 Å². The van der Waals surface area contributed by atoms with E-state index in [1.165, 1.54) is 48.6 Å². The number of ether oxygens (including phenoxy) is 10. The second-order valence-corrected chi connectivity index (χ2v) is 18.3. The summed E-state index contributed by atoms with van der Waals surface area (Å²) in [6, 6.07) is 9.28. The molecule has 8 rings (SSSR count). The lowest BCUT2D eigenvalue weighted by Crippen LogP contribution is -2.64. The van der Waals surface area contributed by atoms with Gasteiger partial charge in [0.2, 0.25) is 30.7 Å². The molecule has 4 fully saturated rings. The highest BCUT2D eigenvalue weighted by molar-refractivity contribution is 5.87. The number of allylic oxidation sites excluding steroid dienone is 2. The quantitative estimate of drug-likeness (QED) is 0.0322. The SMILES string of the molecule is O=C(/C=C/c1ccc(O[C@@H]2O[C@H](CO)[C@@H](O)[C@H](O)[C@H]2O)cc1)OC[C@H]1O[C@H](OC2=C(c3ccc(O)c(O)c3)[OH+]C3C=C(O)C=C(O[C@@H]4O[C@H](CO)[C@@H](O)[C@H](O)[C@H]4O)C3=C2)[C@H](O[C@@H]2O[C@H](CO)[C@@H](O)[C@H](O)[C@H]2O)[C@@H](O)[C@@H]1O. The van der Waals surface area contributed by atoms with Crippen molar-refractivity contribution in [3.63, 3.8) is 0 Å². The van der Waals surface area contributed by atoms with E-state index >= 15 is 0 Å². The molecular formula is C48H59O28+. The Bertz CT molecular complexity index is 2490. The first-order valence-corrected chi connectivity index (χ1v) is 23.6. The maximum atomic E-state index is 13.1. The van der Waals surface area contributed by atoms with Crippen LogP contribution in [0.1, 0.15) is 11.1 Å². The zero-order valence-electron chi connectivity index (χ0n) is 39.5. The molecule has 2 aromatic rings. The minimum absolute atomic E-state index is 0.0209. The first-order chi connectivity index (χ1) is 36.2. The number of fused-ring (bicyclic) bond motifs is 1. The predicted octanol–water partition coefficient (Wildman–Crippen LogP) is -6.16. The highest BCUT2D eigenvalue weighted by Gasteiger charge is 2.53. The number of carbonyl (C=O) groups is 1. The zero-order chi connectivity index (χ0) is 54.9. The summed E-state index contributed by atoms with van der Waals surface area (Å²) in [7, 11) is 0. The Kier molecular flexibility index (Phi) is 17.9. The second-order valence-electron chi connectivity index (χ2n) is 18.3. The van der Waals surface area contributed by atoms with E-state index in [0.29, 0.717) is 5.56 Å². The van der Waals surface area contributed by atoms with Crippen LogP contribution in [-0.4, -0.2) is 253 Å². The summed E-state index contributed by atoms with van der Waals surface area (Å²) < 4.78 is 56.3. The maximum Gasteiger partial charge on any atom is 0.330 e. The van der Waals surface area contributed by atoms with Crippen molar-refractivity contribution in [2.75, 3.05) is 26.4 Å². The van der Waals surface area contributed by atoms with Crippen LogP contribution in [-0.2, 0) is 42.7 Å². The molecule has 0 aromatic heterocycles. The lowest BCUT2D eigenvalue weighted by atomic mass is 9.95. The smallest absolute Gasteiger partial charge is 0.330 e. The fraction of sp³-hybridized carbons (Fsp3) is 0.521. The monoisotopic (exact) mass is 1080 g/mol. The van der Waals surface area contributed by atoms with Gasteiger partial charge >= 0.3 is 11.7 Å². The van der Waals surface area contributed by atoms with Crippen molar-refractivity contribution in [2.45, 2.75) is 129 Å². The molecule has 2 aromatic carbocycles. The van der Waals surface area contributed by atoms with Crippen molar-refractivity contribution in [1.29, 1.82) is 0 Å². The molecule has 28 heteroatoms. The number of esters is 1. The van der Waals surface area contributed by atoms with Crippen LogP contribution in [0.4, 0.5) is 0 Å². The van der Waals surface area contributed by atoms with Gasteiger partial charge in [-0.3, -0.25) is 0 Å². The highest BCUT2D eigenvalue weighted by Crippen LogP contribution is 2.41. The molecule has 0 saturated carbocycles. The molecular weight excluding hydrogens is 1020 g/mol. The summed E-state index contributed by atoms with van der Waals surface area (Å²) in [6.07, 6.45) is -30.8. The van der Waals surface area contributed by atoms with Crippen LogP contribution < -0.4 is 4.74 Å². The van der Waals surface area contributed by atoms with Gasteiger partial charge in [0.15, 0.2) is 23.9 Å². The standard InChI is InChI=1S/C48H58O28/c49-13-27-32(56)36(60)40(64)45(72-27)68-20-5-1-17(2-6-20)3-8-31(55)67-16-30-35(59)39(63)44(76-47-42(66)38(62)34(58)29(15-51)74-47)48(75-30)71-26-12-21-24(69-43(26)18-4-7-22(53)23(54)9-18)10-19(52)11-25(21)70-46-41(65)37(61)33(57)28(14-50)73-46/h1-12,24,27-30,32-42,44-54,56-66H,13-16H2/p+1/b8-3+/t24?,27-,28-,29-,30-,32-,33-,34-,35-,36+,37+,38+,39+,40-,41-,42-,44-,45-,46-,47+,48+/m1/s1. The van der Waals surface area contributed by atoms with E-state index in [2.05, 4.69) is 4.74 Å². The molecule has 0 spiro atoms. The largest absolute Gasteiger partial charge is 0.571 e. The molecule has 1 aliphatic carbocycles. The van der Waals surface area contributed by atoms with E-state index in [0.717, 1.165) is 24.3 Å². The van der Waals surface area contributed by atoms with E-state index < -0.39 is 179 Å². The van der Waals surface area contributed by atoms with E-state index in [1.54, 1.807) is 0 Å². The van der Waals surface area contributed by atoms with Gasteiger partial charge in [-0.25, -0.2) is 4.79 Å². The van der Waals surface area contributed by atoms with Crippen molar-refractivity contribution in [3.8, 4) is 17.2 Å². The highest BCUT2D eigenvalue weighted by atomic mass is 16.8. The van der Waals surface area contributed by atoms with Gasteiger partial charge in [-0.1, -0.05) is 12.1 Å². The van der Waals surface area contributed by atoms with E-state index in [-0.39, 0.29) is 34.2 Å².